The molecule has 0 aliphatic rings. The van der Waals surface area contributed by atoms with Crippen molar-refractivity contribution in [2.75, 3.05) is 0 Å². The summed E-state index contributed by atoms with van der Waals surface area (Å²) in [6, 6.07) is 10.2. The predicted molar refractivity (Wildman–Crippen MR) is 81.7 cm³/mol. The van der Waals surface area contributed by atoms with Crippen LogP contribution in [0.25, 0.3) is 5.69 Å². The summed E-state index contributed by atoms with van der Waals surface area (Å²) < 4.78 is 2.10. The second-order valence-electron chi connectivity index (χ2n) is 5.07. The van der Waals surface area contributed by atoms with Gasteiger partial charge in [-0.05, 0) is 18.6 Å². The van der Waals surface area contributed by atoms with Crippen molar-refractivity contribution in [3.8, 4) is 5.69 Å². The molecule has 20 heavy (non-hydrogen) atoms. The largest absolute Gasteiger partial charge is 0.324 e. The Hall–Kier alpha value is -1.68. The minimum absolute atomic E-state index is 0.414. The Morgan fingerprint density at radius 3 is 2.35 bits per heavy atom. The highest BCUT2D eigenvalue weighted by molar-refractivity contribution is 5.34. The third-order valence-electron chi connectivity index (χ3n) is 3.50. The average Bonchev–Trinajstić information content (AvgIpc) is 2.91. The zero-order valence-corrected chi connectivity index (χ0v) is 12.3. The van der Waals surface area contributed by atoms with Gasteiger partial charge in [-0.3, -0.25) is 4.57 Å². The Labute approximate surface area is 121 Å². The van der Waals surface area contributed by atoms with Gasteiger partial charge in [0.05, 0.1) is 6.54 Å². The molecule has 0 bridgehead atoms. The summed E-state index contributed by atoms with van der Waals surface area (Å²) in [5, 5.41) is 8.53. The lowest BCUT2D eigenvalue weighted by molar-refractivity contribution is 0.618. The number of para-hydroxylation sites is 1. The summed E-state index contributed by atoms with van der Waals surface area (Å²) in [5.74, 6) is 1.85. The van der Waals surface area contributed by atoms with Crippen molar-refractivity contribution in [2.24, 2.45) is 5.73 Å². The first kappa shape index (κ1) is 14.7. The van der Waals surface area contributed by atoms with Crippen LogP contribution in [0.15, 0.2) is 30.3 Å². The fourth-order valence-corrected chi connectivity index (χ4v) is 2.41. The van der Waals surface area contributed by atoms with Crippen LogP contribution in [0.4, 0.5) is 0 Å². The van der Waals surface area contributed by atoms with Crippen LogP contribution < -0.4 is 5.73 Å². The summed E-state index contributed by atoms with van der Waals surface area (Å²) in [7, 11) is 0. The van der Waals surface area contributed by atoms with Gasteiger partial charge in [-0.15, -0.1) is 10.2 Å². The first-order valence-electron chi connectivity index (χ1n) is 7.55. The number of aryl methyl sites for hydroxylation is 1. The molecule has 2 aromatic rings. The van der Waals surface area contributed by atoms with Crippen LogP contribution in [-0.4, -0.2) is 14.8 Å². The van der Waals surface area contributed by atoms with Crippen molar-refractivity contribution in [1.29, 1.82) is 0 Å². The van der Waals surface area contributed by atoms with Crippen LogP contribution in [-0.2, 0) is 13.0 Å². The van der Waals surface area contributed by atoms with Crippen LogP contribution in [0.5, 0.6) is 0 Å². The van der Waals surface area contributed by atoms with Gasteiger partial charge in [0, 0.05) is 12.1 Å². The van der Waals surface area contributed by atoms with Gasteiger partial charge in [-0.2, -0.15) is 0 Å². The van der Waals surface area contributed by atoms with E-state index in [1.54, 1.807) is 0 Å². The first-order chi connectivity index (χ1) is 9.86. The van der Waals surface area contributed by atoms with E-state index >= 15 is 0 Å². The van der Waals surface area contributed by atoms with Gasteiger partial charge < -0.3 is 5.73 Å². The number of nitrogens with zero attached hydrogens (tertiary/aromatic N) is 3. The summed E-state index contributed by atoms with van der Waals surface area (Å²) in [4.78, 5) is 0. The van der Waals surface area contributed by atoms with E-state index in [4.69, 9.17) is 5.73 Å². The fourth-order valence-electron chi connectivity index (χ4n) is 2.41. The van der Waals surface area contributed by atoms with Crippen molar-refractivity contribution in [3.63, 3.8) is 0 Å². The predicted octanol–water partition coefficient (Wildman–Crippen LogP) is 3.24. The molecule has 0 atom stereocenters. The maximum absolute atomic E-state index is 5.77. The highest BCUT2D eigenvalue weighted by atomic mass is 15.3. The van der Waals surface area contributed by atoms with E-state index < -0.39 is 0 Å². The Morgan fingerprint density at radius 1 is 0.950 bits per heavy atom. The van der Waals surface area contributed by atoms with Crippen molar-refractivity contribution in [1.82, 2.24) is 14.8 Å². The highest BCUT2D eigenvalue weighted by Gasteiger charge is 2.11. The van der Waals surface area contributed by atoms with Gasteiger partial charge in [0.15, 0.2) is 5.82 Å². The molecule has 4 heteroatoms. The molecule has 1 aromatic heterocycles. The van der Waals surface area contributed by atoms with Crippen molar-refractivity contribution >= 4 is 0 Å². The Morgan fingerprint density at radius 2 is 1.65 bits per heavy atom. The number of aromatic nitrogens is 3. The Kier molecular flexibility index (Phi) is 5.74. The molecule has 108 valence electrons. The maximum atomic E-state index is 5.77. The lowest BCUT2D eigenvalue weighted by Crippen LogP contribution is -2.09. The molecule has 1 heterocycles. The summed E-state index contributed by atoms with van der Waals surface area (Å²) in [6.45, 7) is 2.65. The minimum atomic E-state index is 0.414. The number of hydrogen-bond donors (Lipinski definition) is 1. The van der Waals surface area contributed by atoms with Crippen LogP contribution in [0.3, 0.4) is 0 Å². The standard InChI is InChI=1S/C16H24N4/c1-2-3-4-5-9-12-15-18-19-16(13-17)20(15)14-10-7-6-8-11-14/h6-8,10-11H,2-5,9,12-13,17H2,1H3. The Balaban J connectivity index is 2.08. The zero-order chi connectivity index (χ0) is 14.2. The lowest BCUT2D eigenvalue weighted by atomic mass is 10.1. The SMILES string of the molecule is CCCCCCCc1nnc(CN)n1-c1ccccc1. The maximum Gasteiger partial charge on any atom is 0.151 e. The molecule has 0 saturated heterocycles. The van der Waals surface area contributed by atoms with Gasteiger partial charge in [-0.1, -0.05) is 50.8 Å². The molecule has 0 amide bonds. The second-order valence-corrected chi connectivity index (χ2v) is 5.07. The molecular formula is C16H24N4. The van der Waals surface area contributed by atoms with Gasteiger partial charge in [0.25, 0.3) is 0 Å². The van der Waals surface area contributed by atoms with E-state index in [9.17, 15) is 0 Å². The number of hydrogen-bond acceptors (Lipinski definition) is 3. The molecule has 0 radical (unpaired) electrons. The average molecular weight is 272 g/mol. The zero-order valence-electron chi connectivity index (χ0n) is 12.3. The summed E-state index contributed by atoms with van der Waals surface area (Å²) in [6.07, 6.45) is 7.28. The Bertz CT molecular complexity index is 504. The molecule has 0 spiro atoms. The topological polar surface area (TPSA) is 56.7 Å². The lowest BCUT2D eigenvalue weighted by Gasteiger charge is -2.09. The molecule has 2 rings (SSSR count). The van der Waals surface area contributed by atoms with Crippen LogP contribution in [0.1, 0.15) is 50.7 Å². The third-order valence-corrected chi connectivity index (χ3v) is 3.50. The molecule has 4 nitrogen and oxygen atoms in total. The van der Waals surface area contributed by atoms with Crippen molar-refractivity contribution in [3.05, 3.63) is 42.0 Å². The summed E-state index contributed by atoms with van der Waals surface area (Å²) in [5.41, 5.74) is 6.87. The molecule has 0 fully saturated rings. The van der Waals surface area contributed by atoms with E-state index in [1.165, 1.54) is 25.7 Å². The molecule has 0 aliphatic heterocycles. The van der Waals surface area contributed by atoms with Gasteiger partial charge in [0.1, 0.15) is 5.82 Å². The minimum Gasteiger partial charge on any atom is -0.324 e. The van der Waals surface area contributed by atoms with Crippen molar-refractivity contribution in [2.45, 2.75) is 52.0 Å². The fraction of sp³-hybridized carbons (Fsp3) is 0.500. The normalized spacial score (nSPS) is 10.9. The second kappa shape index (κ2) is 7.80. The van der Waals surface area contributed by atoms with Gasteiger partial charge in [0.2, 0.25) is 0 Å². The quantitative estimate of drug-likeness (QED) is 0.750. The van der Waals surface area contributed by atoms with E-state index in [1.807, 2.05) is 18.2 Å². The third kappa shape index (κ3) is 3.67. The first-order valence-corrected chi connectivity index (χ1v) is 7.55. The molecule has 0 aliphatic carbocycles. The molecular weight excluding hydrogens is 248 g/mol. The van der Waals surface area contributed by atoms with Crippen LogP contribution in [0, 0.1) is 0 Å². The van der Waals surface area contributed by atoms with E-state index in [0.717, 1.165) is 30.2 Å². The number of benzene rings is 1. The monoisotopic (exact) mass is 272 g/mol. The van der Waals surface area contributed by atoms with Gasteiger partial charge >= 0.3 is 0 Å². The highest BCUT2D eigenvalue weighted by Crippen LogP contribution is 2.15. The van der Waals surface area contributed by atoms with E-state index in [-0.39, 0.29) is 0 Å². The van der Waals surface area contributed by atoms with E-state index in [0.29, 0.717) is 6.54 Å². The molecule has 0 unspecified atom stereocenters. The van der Waals surface area contributed by atoms with Crippen molar-refractivity contribution < 1.29 is 0 Å². The smallest absolute Gasteiger partial charge is 0.151 e. The van der Waals surface area contributed by atoms with Crippen LogP contribution in [0.2, 0.25) is 0 Å². The molecule has 2 N–H and O–H groups in total. The molecule has 1 aromatic carbocycles. The number of unbranched alkanes of at least 4 members (excludes halogenated alkanes) is 4. The van der Waals surface area contributed by atoms with E-state index in [2.05, 4.69) is 33.8 Å². The number of rotatable bonds is 8. The van der Waals surface area contributed by atoms with Crippen LogP contribution >= 0.6 is 0 Å². The van der Waals surface area contributed by atoms with Gasteiger partial charge in [-0.25, -0.2) is 0 Å². The molecule has 0 saturated carbocycles. The number of nitrogens with two attached hydrogens (primary N) is 1. The summed E-state index contributed by atoms with van der Waals surface area (Å²) >= 11 is 0.